The molecule has 24 heavy (non-hydrogen) atoms. The molecule has 0 aliphatic rings. The minimum Gasteiger partial charge on any atom is -0.458 e. The quantitative estimate of drug-likeness (QED) is 0.529. The average molecular weight is 337 g/mol. The van der Waals surface area contributed by atoms with Gasteiger partial charge in [-0.05, 0) is 29.8 Å². The molecule has 4 nitrogen and oxygen atoms in total. The molecule has 5 heteroatoms. The average Bonchev–Trinajstić information content (AvgIpc) is 2.96. The minimum absolute atomic E-state index is 0.0380. The van der Waals surface area contributed by atoms with Crippen molar-refractivity contribution in [3.63, 3.8) is 0 Å². The molecule has 0 saturated carbocycles. The van der Waals surface area contributed by atoms with E-state index >= 15 is 0 Å². The summed E-state index contributed by atoms with van der Waals surface area (Å²) in [6, 6.07) is 14.9. The van der Waals surface area contributed by atoms with Gasteiger partial charge in [0, 0.05) is 29.1 Å². The molecule has 0 amide bonds. The van der Waals surface area contributed by atoms with Crippen molar-refractivity contribution in [1.29, 1.82) is 5.26 Å². The standard InChI is InChI=1S/C19H13ClN2O2/c20-17-6-2-1-5-14(17)8-9-19(23)24-13-15-12-22-10-4-3-7-18(22)16(15)11-21/h1-10,12H,13H2/b9-8+. The Hall–Kier alpha value is -3.03. The molecule has 0 atom stereocenters. The van der Waals surface area contributed by atoms with Crippen molar-refractivity contribution in [2.24, 2.45) is 0 Å². The summed E-state index contributed by atoms with van der Waals surface area (Å²) >= 11 is 6.02. The number of hydrogen-bond donors (Lipinski definition) is 0. The van der Waals surface area contributed by atoms with E-state index in [0.29, 0.717) is 16.1 Å². The zero-order valence-corrected chi connectivity index (χ0v) is 13.4. The third kappa shape index (κ3) is 3.32. The number of carbonyl (C=O) groups excluding carboxylic acids is 1. The van der Waals surface area contributed by atoms with Crippen LogP contribution >= 0.6 is 11.6 Å². The van der Waals surface area contributed by atoms with Gasteiger partial charge < -0.3 is 9.14 Å². The van der Waals surface area contributed by atoms with E-state index < -0.39 is 5.97 Å². The molecule has 2 aromatic heterocycles. The van der Waals surface area contributed by atoms with Crippen LogP contribution in [0.25, 0.3) is 11.6 Å². The maximum Gasteiger partial charge on any atom is 0.331 e. The van der Waals surface area contributed by atoms with Gasteiger partial charge in [0.05, 0.1) is 11.1 Å². The van der Waals surface area contributed by atoms with E-state index in [2.05, 4.69) is 6.07 Å². The van der Waals surface area contributed by atoms with Gasteiger partial charge in [0.1, 0.15) is 12.7 Å². The summed E-state index contributed by atoms with van der Waals surface area (Å²) in [5.41, 5.74) is 2.71. The molecule has 2 heterocycles. The van der Waals surface area contributed by atoms with E-state index in [9.17, 15) is 10.1 Å². The number of nitriles is 1. The van der Waals surface area contributed by atoms with Crippen LogP contribution in [0, 0.1) is 11.3 Å². The van der Waals surface area contributed by atoms with Gasteiger partial charge in [-0.25, -0.2) is 4.79 Å². The molecule has 118 valence electrons. The second kappa shape index (κ2) is 7.03. The number of nitrogens with zero attached hydrogens (tertiary/aromatic N) is 2. The number of fused-ring (bicyclic) bond motifs is 1. The number of benzene rings is 1. The Labute approximate surface area is 144 Å². The van der Waals surface area contributed by atoms with Crippen LogP contribution in [0.15, 0.2) is 60.9 Å². The van der Waals surface area contributed by atoms with Crippen LogP contribution < -0.4 is 0 Å². The molecule has 0 N–H and O–H groups in total. The fourth-order valence-electron chi connectivity index (χ4n) is 2.38. The summed E-state index contributed by atoms with van der Waals surface area (Å²) in [5.74, 6) is -0.492. The van der Waals surface area contributed by atoms with Crippen molar-refractivity contribution < 1.29 is 9.53 Å². The topological polar surface area (TPSA) is 54.5 Å². The van der Waals surface area contributed by atoms with E-state index in [1.165, 1.54) is 6.08 Å². The van der Waals surface area contributed by atoms with Crippen LogP contribution in [-0.4, -0.2) is 10.4 Å². The summed E-state index contributed by atoms with van der Waals surface area (Å²) in [5, 5.41) is 9.88. The first-order valence-corrected chi connectivity index (χ1v) is 7.65. The van der Waals surface area contributed by atoms with Gasteiger partial charge >= 0.3 is 5.97 Å². The van der Waals surface area contributed by atoms with Gasteiger partial charge in [0.2, 0.25) is 0 Å². The molecule has 0 fully saturated rings. The van der Waals surface area contributed by atoms with Crippen LogP contribution in [0.1, 0.15) is 16.7 Å². The fourth-order valence-corrected chi connectivity index (χ4v) is 2.58. The third-order valence-corrected chi connectivity index (χ3v) is 3.89. The fraction of sp³-hybridized carbons (Fsp3) is 0.0526. The number of hydrogen-bond acceptors (Lipinski definition) is 3. The summed E-state index contributed by atoms with van der Waals surface area (Å²) in [7, 11) is 0. The smallest absolute Gasteiger partial charge is 0.331 e. The Bertz CT molecular complexity index is 967. The van der Waals surface area contributed by atoms with Crippen molar-refractivity contribution in [3.8, 4) is 6.07 Å². The molecular formula is C19H13ClN2O2. The minimum atomic E-state index is -0.492. The highest BCUT2D eigenvalue weighted by Gasteiger charge is 2.11. The van der Waals surface area contributed by atoms with E-state index in [-0.39, 0.29) is 6.61 Å². The number of pyridine rings is 1. The van der Waals surface area contributed by atoms with Crippen molar-refractivity contribution in [1.82, 2.24) is 4.40 Å². The van der Waals surface area contributed by atoms with E-state index in [0.717, 1.165) is 11.1 Å². The lowest BCUT2D eigenvalue weighted by atomic mass is 10.2. The third-order valence-electron chi connectivity index (χ3n) is 3.55. The molecular weight excluding hydrogens is 324 g/mol. The van der Waals surface area contributed by atoms with Crippen LogP contribution in [0.4, 0.5) is 0 Å². The number of esters is 1. The van der Waals surface area contributed by atoms with Gasteiger partial charge in [0.25, 0.3) is 0 Å². The highest BCUT2D eigenvalue weighted by Crippen LogP contribution is 2.19. The lowest BCUT2D eigenvalue weighted by molar-refractivity contribution is -0.138. The predicted molar refractivity (Wildman–Crippen MR) is 92.4 cm³/mol. The number of halogens is 1. The van der Waals surface area contributed by atoms with Crippen molar-refractivity contribution >= 4 is 29.2 Å². The van der Waals surface area contributed by atoms with E-state index in [1.807, 2.05) is 40.9 Å². The first-order chi connectivity index (χ1) is 11.7. The number of rotatable bonds is 4. The predicted octanol–water partition coefficient (Wildman–Crippen LogP) is 4.22. The second-order valence-corrected chi connectivity index (χ2v) is 5.50. The monoisotopic (exact) mass is 336 g/mol. The maximum absolute atomic E-state index is 11.9. The largest absolute Gasteiger partial charge is 0.458 e. The molecule has 0 radical (unpaired) electrons. The SMILES string of the molecule is N#Cc1c(COC(=O)/C=C/c2ccccc2Cl)cn2ccccc12. The Morgan fingerprint density at radius 3 is 2.83 bits per heavy atom. The molecule has 3 aromatic rings. The molecule has 3 rings (SSSR count). The zero-order chi connectivity index (χ0) is 16.9. The van der Waals surface area contributed by atoms with E-state index in [1.54, 1.807) is 24.4 Å². The van der Waals surface area contributed by atoms with Crippen LogP contribution in [0.5, 0.6) is 0 Å². The first kappa shape index (κ1) is 15.9. The van der Waals surface area contributed by atoms with Crippen molar-refractivity contribution in [2.45, 2.75) is 6.61 Å². The Morgan fingerprint density at radius 2 is 2.04 bits per heavy atom. The van der Waals surface area contributed by atoms with Crippen molar-refractivity contribution in [2.75, 3.05) is 0 Å². The number of carbonyl (C=O) groups is 1. The van der Waals surface area contributed by atoms with Gasteiger partial charge in [-0.1, -0.05) is 35.9 Å². The highest BCUT2D eigenvalue weighted by molar-refractivity contribution is 6.32. The maximum atomic E-state index is 11.9. The molecule has 0 saturated heterocycles. The number of ether oxygens (including phenoxy) is 1. The molecule has 0 unspecified atom stereocenters. The summed E-state index contributed by atoms with van der Waals surface area (Å²) in [6.07, 6.45) is 6.56. The summed E-state index contributed by atoms with van der Waals surface area (Å²) < 4.78 is 7.06. The van der Waals surface area contributed by atoms with Gasteiger partial charge in [-0.3, -0.25) is 0 Å². The summed E-state index contributed by atoms with van der Waals surface area (Å²) in [4.78, 5) is 11.9. The Morgan fingerprint density at radius 1 is 1.25 bits per heavy atom. The lowest BCUT2D eigenvalue weighted by Gasteiger charge is -2.01. The Kier molecular flexibility index (Phi) is 4.64. The van der Waals surface area contributed by atoms with Gasteiger partial charge in [0.15, 0.2) is 0 Å². The van der Waals surface area contributed by atoms with Crippen LogP contribution in [0.2, 0.25) is 5.02 Å². The van der Waals surface area contributed by atoms with Crippen LogP contribution in [-0.2, 0) is 16.1 Å². The normalized spacial score (nSPS) is 10.8. The molecule has 0 spiro atoms. The summed E-state index contributed by atoms with van der Waals surface area (Å²) in [6.45, 7) is 0.0380. The van der Waals surface area contributed by atoms with Crippen molar-refractivity contribution in [3.05, 3.63) is 82.6 Å². The number of aromatic nitrogens is 1. The molecule has 0 bridgehead atoms. The van der Waals surface area contributed by atoms with E-state index in [4.69, 9.17) is 16.3 Å². The highest BCUT2D eigenvalue weighted by atomic mass is 35.5. The zero-order valence-electron chi connectivity index (χ0n) is 12.6. The second-order valence-electron chi connectivity index (χ2n) is 5.10. The first-order valence-electron chi connectivity index (χ1n) is 7.27. The molecule has 0 aliphatic carbocycles. The molecule has 0 aliphatic heterocycles. The lowest BCUT2D eigenvalue weighted by Crippen LogP contribution is -2.01. The Balaban J connectivity index is 1.71. The van der Waals surface area contributed by atoms with Crippen LogP contribution in [0.3, 0.4) is 0 Å². The van der Waals surface area contributed by atoms with Gasteiger partial charge in [-0.15, -0.1) is 0 Å². The van der Waals surface area contributed by atoms with Gasteiger partial charge in [-0.2, -0.15) is 5.26 Å². The molecule has 1 aromatic carbocycles.